The van der Waals surface area contributed by atoms with Gasteiger partial charge in [-0.1, -0.05) is 30.3 Å². The molecule has 0 bridgehead atoms. The van der Waals surface area contributed by atoms with Crippen LogP contribution >= 0.6 is 0 Å². The van der Waals surface area contributed by atoms with Gasteiger partial charge in [0.2, 0.25) is 5.91 Å². The summed E-state index contributed by atoms with van der Waals surface area (Å²) >= 11 is 0. The van der Waals surface area contributed by atoms with Crippen LogP contribution in [0.5, 0.6) is 0 Å². The minimum atomic E-state index is -0.559. The average molecular weight is 299 g/mol. The summed E-state index contributed by atoms with van der Waals surface area (Å²) in [6.07, 6.45) is 3.23. The molecular weight excluding hydrogens is 282 g/mol. The number of likely N-dealkylation sites (tertiary alicyclic amines) is 1. The minimum absolute atomic E-state index is 0.0566. The van der Waals surface area contributed by atoms with E-state index in [1.807, 2.05) is 35.2 Å². The second-order valence-electron chi connectivity index (χ2n) is 5.39. The van der Waals surface area contributed by atoms with E-state index in [1.165, 1.54) is 16.8 Å². The zero-order valence-electron chi connectivity index (χ0n) is 12.1. The summed E-state index contributed by atoms with van der Waals surface area (Å²) in [7, 11) is 0. The lowest BCUT2D eigenvalue weighted by Crippen LogP contribution is -2.38. The summed E-state index contributed by atoms with van der Waals surface area (Å²) in [5, 5.41) is 0. The summed E-state index contributed by atoms with van der Waals surface area (Å²) in [4.78, 5) is 39.2. The first kappa shape index (κ1) is 14.3. The Balaban J connectivity index is 1.79. The van der Waals surface area contributed by atoms with Crippen LogP contribution in [-0.4, -0.2) is 26.9 Å². The van der Waals surface area contributed by atoms with Crippen molar-refractivity contribution in [3.8, 4) is 0 Å². The number of amides is 1. The van der Waals surface area contributed by atoms with E-state index in [0.717, 1.165) is 18.4 Å². The Hall–Kier alpha value is -2.63. The van der Waals surface area contributed by atoms with E-state index in [4.69, 9.17) is 0 Å². The summed E-state index contributed by atoms with van der Waals surface area (Å²) in [5.74, 6) is -0.111. The highest BCUT2D eigenvalue weighted by Crippen LogP contribution is 2.31. The molecule has 2 heterocycles. The van der Waals surface area contributed by atoms with Crippen LogP contribution in [0.15, 0.2) is 52.2 Å². The number of hydrogen-bond acceptors (Lipinski definition) is 3. The normalized spacial score (nSPS) is 17.6. The number of hydrogen-bond donors (Lipinski definition) is 1. The quantitative estimate of drug-likeness (QED) is 0.915. The van der Waals surface area contributed by atoms with Crippen LogP contribution in [0.25, 0.3) is 0 Å². The molecular formula is C16H17N3O3. The number of aromatic amines is 1. The van der Waals surface area contributed by atoms with E-state index >= 15 is 0 Å². The number of H-pyrrole nitrogens is 1. The van der Waals surface area contributed by atoms with E-state index in [1.54, 1.807) is 0 Å². The zero-order valence-corrected chi connectivity index (χ0v) is 12.1. The molecule has 114 valence electrons. The zero-order chi connectivity index (χ0) is 15.5. The molecule has 22 heavy (non-hydrogen) atoms. The first-order chi connectivity index (χ1) is 10.6. The molecule has 1 aromatic heterocycles. The van der Waals surface area contributed by atoms with Crippen LogP contribution in [0, 0.1) is 0 Å². The predicted octanol–water partition coefficient (Wildman–Crippen LogP) is 0.900. The van der Waals surface area contributed by atoms with Crippen molar-refractivity contribution in [3.05, 3.63) is 69.0 Å². The number of benzene rings is 1. The SMILES string of the molecule is O=C(Cn1ccc(=O)[nH]c1=O)N1CCC[C@H]1c1ccccc1. The number of nitrogens with one attached hydrogen (secondary N) is 1. The molecule has 1 N–H and O–H groups in total. The van der Waals surface area contributed by atoms with Crippen LogP contribution in [0.3, 0.4) is 0 Å². The molecule has 1 aromatic carbocycles. The molecule has 1 atom stereocenters. The third-order valence-electron chi connectivity index (χ3n) is 3.96. The molecule has 0 spiro atoms. The van der Waals surface area contributed by atoms with Crippen LogP contribution in [0.4, 0.5) is 0 Å². The van der Waals surface area contributed by atoms with Crippen molar-refractivity contribution in [2.24, 2.45) is 0 Å². The van der Waals surface area contributed by atoms with Gasteiger partial charge in [0, 0.05) is 18.8 Å². The van der Waals surface area contributed by atoms with Crippen molar-refractivity contribution in [1.82, 2.24) is 14.5 Å². The lowest BCUT2D eigenvalue weighted by atomic mass is 10.0. The molecule has 0 aliphatic carbocycles. The second kappa shape index (κ2) is 6.01. The second-order valence-corrected chi connectivity index (χ2v) is 5.39. The first-order valence-corrected chi connectivity index (χ1v) is 7.29. The third kappa shape index (κ3) is 2.86. The summed E-state index contributed by atoms with van der Waals surface area (Å²) in [6, 6.07) is 11.2. The minimum Gasteiger partial charge on any atom is -0.334 e. The Bertz CT molecular complexity index is 779. The van der Waals surface area contributed by atoms with Gasteiger partial charge >= 0.3 is 5.69 Å². The van der Waals surface area contributed by atoms with E-state index in [0.29, 0.717) is 6.54 Å². The van der Waals surface area contributed by atoms with Gasteiger partial charge in [-0.15, -0.1) is 0 Å². The molecule has 1 saturated heterocycles. The molecule has 6 nitrogen and oxygen atoms in total. The van der Waals surface area contributed by atoms with E-state index in [-0.39, 0.29) is 18.5 Å². The van der Waals surface area contributed by atoms with E-state index in [2.05, 4.69) is 4.98 Å². The number of rotatable bonds is 3. The van der Waals surface area contributed by atoms with Gasteiger partial charge < -0.3 is 4.90 Å². The molecule has 1 amide bonds. The van der Waals surface area contributed by atoms with Crippen molar-refractivity contribution in [1.29, 1.82) is 0 Å². The highest BCUT2D eigenvalue weighted by Gasteiger charge is 2.29. The van der Waals surface area contributed by atoms with Gasteiger partial charge in [0.1, 0.15) is 6.54 Å². The molecule has 0 radical (unpaired) electrons. The number of aromatic nitrogens is 2. The molecule has 1 aliphatic heterocycles. The molecule has 1 fully saturated rings. The lowest BCUT2D eigenvalue weighted by molar-refractivity contribution is -0.132. The maximum Gasteiger partial charge on any atom is 0.328 e. The molecule has 0 unspecified atom stereocenters. The molecule has 0 saturated carbocycles. The molecule has 2 aromatic rings. The Labute approximate surface area is 127 Å². The Morgan fingerprint density at radius 2 is 1.95 bits per heavy atom. The lowest BCUT2D eigenvalue weighted by Gasteiger charge is -2.25. The Morgan fingerprint density at radius 3 is 2.68 bits per heavy atom. The molecule has 1 aliphatic rings. The van der Waals surface area contributed by atoms with Crippen LogP contribution in [0.1, 0.15) is 24.4 Å². The van der Waals surface area contributed by atoms with Crippen molar-refractivity contribution in [2.45, 2.75) is 25.4 Å². The Morgan fingerprint density at radius 1 is 1.18 bits per heavy atom. The average Bonchev–Trinajstić information content (AvgIpc) is 3.00. The topological polar surface area (TPSA) is 75.2 Å². The predicted molar refractivity (Wildman–Crippen MR) is 81.5 cm³/mol. The van der Waals surface area contributed by atoms with Gasteiger partial charge in [0.25, 0.3) is 5.56 Å². The Kier molecular flexibility index (Phi) is 3.91. The largest absolute Gasteiger partial charge is 0.334 e. The van der Waals surface area contributed by atoms with Gasteiger partial charge in [-0.05, 0) is 18.4 Å². The number of nitrogens with zero attached hydrogens (tertiary/aromatic N) is 2. The number of carbonyl (C=O) groups excluding carboxylic acids is 1. The van der Waals surface area contributed by atoms with Crippen LogP contribution in [0.2, 0.25) is 0 Å². The number of carbonyl (C=O) groups is 1. The summed E-state index contributed by atoms with van der Waals surface area (Å²) in [5.41, 5.74) is 0.0931. The van der Waals surface area contributed by atoms with Crippen molar-refractivity contribution in [3.63, 3.8) is 0 Å². The van der Waals surface area contributed by atoms with Crippen molar-refractivity contribution in [2.75, 3.05) is 6.54 Å². The molecule has 6 heteroatoms. The van der Waals surface area contributed by atoms with E-state index in [9.17, 15) is 14.4 Å². The summed E-state index contributed by atoms with van der Waals surface area (Å²) < 4.78 is 1.23. The van der Waals surface area contributed by atoms with Gasteiger partial charge in [0.05, 0.1) is 6.04 Å². The molecule has 3 rings (SSSR count). The maximum absolute atomic E-state index is 12.5. The first-order valence-electron chi connectivity index (χ1n) is 7.29. The van der Waals surface area contributed by atoms with Crippen LogP contribution in [-0.2, 0) is 11.3 Å². The fourth-order valence-electron chi connectivity index (χ4n) is 2.89. The summed E-state index contributed by atoms with van der Waals surface area (Å²) in [6.45, 7) is 0.634. The maximum atomic E-state index is 12.5. The van der Waals surface area contributed by atoms with Crippen molar-refractivity contribution >= 4 is 5.91 Å². The van der Waals surface area contributed by atoms with Crippen molar-refractivity contribution < 1.29 is 4.79 Å². The van der Waals surface area contributed by atoms with Gasteiger partial charge in [-0.2, -0.15) is 0 Å². The standard InChI is InChI=1S/C16H17N3O3/c20-14-8-10-18(16(22)17-14)11-15(21)19-9-4-7-13(19)12-5-2-1-3-6-12/h1-3,5-6,8,10,13H,4,7,9,11H2,(H,17,20,22)/t13-/m0/s1. The van der Waals surface area contributed by atoms with E-state index < -0.39 is 11.2 Å². The van der Waals surface area contributed by atoms with Gasteiger partial charge in [-0.25, -0.2) is 4.79 Å². The van der Waals surface area contributed by atoms with Crippen LogP contribution < -0.4 is 11.2 Å². The van der Waals surface area contributed by atoms with Gasteiger partial charge in [-0.3, -0.25) is 19.1 Å². The monoisotopic (exact) mass is 299 g/mol. The third-order valence-corrected chi connectivity index (χ3v) is 3.96. The highest BCUT2D eigenvalue weighted by atomic mass is 16.2. The fraction of sp³-hybridized carbons (Fsp3) is 0.312. The highest BCUT2D eigenvalue weighted by molar-refractivity contribution is 5.76. The fourth-order valence-corrected chi connectivity index (χ4v) is 2.89. The smallest absolute Gasteiger partial charge is 0.328 e. The van der Waals surface area contributed by atoms with Gasteiger partial charge in [0.15, 0.2) is 0 Å².